The Morgan fingerprint density at radius 2 is 2.20 bits per heavy atom. The Balaban J connectivity index is 2.76. The summed E-state index contributed by atoms with van der Waals surface area (Å²) in [6, 6.07) is 0.706. The Labute approximate surface area is 118 Å². The third-order valence-corrected chi connectivity index (χ3v) is 2.88. The minimum atomic E-state index is -1.06. The number of nitrogens with zero attached hydrogens (tertiary/aromatic N) is 1. The molecule has 0 aliphatic heterocycles. The normalized spacial score (nSPS) is 12.8. The fourth-order valence-electron chi connectivity index (χ4n) is 1.60. The number of aromatic amines is 1. The van der Waals surface area contributed by atoms with E-state index >= 15 is 0 Å². The van der Waals surface area contributed by atoms with Crippen molar-refractivity contribution in [3.63, 3.8) is 0 Å². The number of aliphatic carboxylic acids is 1. The zero-order valence-corrected chi connectivity index (χ0v) is 12.1. The Bertz CT molecular complexity index is 500. The Morgan fingerprint density at radius 3 is 2.65 bits per heavy atom. The van der Waals surface area contributed by atoms with Crippen molar-refractivity contribution in [3.05, 3.63) is 30.1 Å². The van der Waals surface area contributed by atoms with Crippen LogP contribution in [0.1, 0.15) is 49.8 Å². The van der Waals surface area contributed by atoms with Crippen molar-refractivity contribution in [1.29, 1.82) is 0 Å². The van der Waals surface area contributed by atoms with Gasteiger partial charge in [-0.2, -0.15) is 5.10 Å². The summed E-state index contributed by atoms with van der Waals surface area (Å²) in [4.78, 5) is 23.0. The van der Waals surface area contributed by atoms with Crippen molar-refractivity contribution in [3.8, 4) is 0 Å². The van der Waals surface area contributed by atoms with Crippen LogP contribution in [0.5, 0.6) is 0 Å². The number of carbonyl (C=O) groups is 2. The molecule has 110 valence electrons. The molecule has 1 aromatic heterocycles. The predicted molar refractivity (Wildman–Crippen MR) is 75.6 cm³/mol. The van der Waals surface area contributed by atoms with E-state index in [1.807, 2.05) is 20.8 Å². The van der Waals surface area contributed by atoms with E-state index in [1.165, 1.54) is 0 Å². The number of H-pyrrole nitrogens is 1. The van der Waals surface area contributed by atoms with Gasteiger partial charge < -0.3 is 10.4 Å². The molecule has 3 N–H and O–H groups in total. The van der Waals surface area contributed by atoms with Crippen LogP contribution in [0.2, 0.25) is 0 Å². The highest BCUT2D eigenvalue weighted by Crippen LogP contribution is 2.20. The summed E-state index contributed by atoms with van der Waals surface area (Å²) in [6.45, 7) is 9.51. The highest BCUT2D eigenvalue weighted by atomic mass is 16.4. The third-order valence-electron chi connectivity index (χ3n) is 2.88. The largest absolute Gasteiger partial charge is 0.480 e. The van der Waals surface area contributed by atoms with Crippen LogP contribution in [-0.2, 0) is 10.2 Å². The monoisotopic (exact) mass is 279 g/mol. The maximum absolute atomic E-state index is 12.0. The lowest BCUT2D eigenvalue weighted by Crippen LogP contribution is -2.40. The van der Waals surface area contributed by atoms with Gasteiger partial charge in [-0.25, -0.2) is 4.79 Å². The molecule has 1 heterocycles. The van der Waals surface area contributed by atoms with Crippen LogP contribution in [0.25, 0.3) is 0 Å². The van der Waals surface area contributed by atoms with Crippen molar-refractivity contribution in [2.45, 2.75) is 45.1 Å². The first-order chi connectivity index (χ1) is 9.25. The number of carboxylic acid groups (broad SMARTS) is 1. The summed E-state index contributed by atoms with van der Waals surface area (Å²) in [5.41, 5.74) is 0.862. The van der Waals surface area contributed by atoms with Gasteiger partial charge in [0.2, 0.25) is 0 Å². The molecule has 1 amide bonds. The molecule has 1 rings (SSSR count). The quantitative estimate of drug-likeness (QED) is 0.693. The number of amides is 1. The zero-order chi connectivity index (χ0) is 15.3. The highest BCUT2D eigenvalue weighted by Gasteiger charge is 2.23. The van der Waals surface area contributed by atoms with Gasteiger partial charge in [0.05, 0.1) is 0 Å². The molecule has 0 fully saturated rings. The van der Waals surface area contributed by atoms with Gasteiger partial charge in [-0.3, -0.25) is 9.89 Å². The van der Waals surface area contributed by atoms with Crippen molar-refractivity contribution in [1.82, 2.24) is 15.5 Å². The van der Waals surface area contributed by atoms with Gasteiger partial charge in [-0.15, -0.1) is 6.58 Å². The van der Waals surface area contributed by atoms with Gasteiger partial charge in [-0.05, 0) is 18.9 Å². The smallest absolute Gasteiger partial charge is 0.326 e. The molecule has 0 spiro atoms. The second kappa shape index (κ2) is 6.36. The molecule has 1 atom stereocenters. The lowest BCUT2D eigenvalue weighted by Gasteiger charge is -2.14. The maximum atomic E-state index is 12.0. The molecular formula is C14H21N3O3. The molecule has 0 saturated carbocycles. The summed E-state index contributed by atoms with van der Waals surface area (Å²) >= 11 is 0. The first kappa shape index (κ1) is 15.9. The van der Waals surface area contributed by atoms with Crippen LogP contribution in [0.4, 0.5) is 0 Å². The van der Waals surface area contributed by atoms with Gasteiger partial charge in [0.25, 0.3) is 5.91 Å². The summed E-state index contributed by atoms with van der Waals surface area (Å²) < 4.78 is 0. The van der Waals surface area contributed by atoms with E-state index in [-0.39, 0.29) is 11.1 Å². The lowest BCUT2D eigenvalue weighted by atomic mass is 9.92. The van der Waals surface area contributed by atoms with Crippen LogP contribution in [-0.4, -0.2) is 33.2 Å². The first-order valence-electron chi connectivity index (χ1n) is 6.46. The Morgan fingerprint density at radius 1 is 1.55 bits per heavy atom. The summed E-state index contributed by atoms with van der Waals surface area (Å²) in [5.74, 6) is -1.56. The minimum Gasteiger partial charge on any atom is -0.480 e. The van der Waals surface area contributed by atoms with Gasteiger partial charge in [-0.1, -0.05) is 26.8 Å². The van der Waals surface area contributed by atoms with Crippen LogP contribution in [0.15, 0.2) is 18.7 Å². The molecule has 1 unspecified atom stereocenters. The minimum absolute atomic E-state index is 0.152. The molecule has 0 bridgehead atoms. The zero-order valence-electron chi connectivity index (χ0n) is 12.1. The van der Waals surface area contributed by atoms with E-state index in [2.05, 4.69) is 22.1 Å². The van der Waals surface area contributed by atoms with Crippen LogP contribution < -0.4 is 5.32 Å². The van der Waals surface area contributed by atoms with Crippen molar-refractivity contribution in [2.75, 3.05) is 0 Å². The van der Waals surface area contributed by atoms with Gasteiger partial charge >= 0.3 is 5.97 Å². The third kappa shape index (κ3) is 4.22. The van der Waals surface area contributed by atoms with E-state index in [1.54, 1.807) is 12.1 Å². The highest BCUT2D eigenvalue weighted by molar-refractivity contribution is 5.95. The van der Waals surface area contributed by atoms with Gasteiger partial charge in [0.1, 0.15) is 11.7 Å². The summed E-state index contributed by atoms with van der Waals surface area (Å²) in [7, 11) is 0. The van der Waals surface area contributed by atoms with Crippen molar-refractivity contribution < 1.29 is 14.7 Å². The fourth-order valence-corrected chi connectivity index (χ4v) is 1.60. The number of aromatic nitrogens is 2. The molecule has 1 aromatic rings. The molecule has 0 radical (unpaired) electrons. The topological polar surface area (TPSA) is 95.1 Å². The van der Waals surface area contributed by atoms with Gasteiger partial charge in [0, 0.05) is 11.1 Å². The average Bonchev–Trinajstić information content (AvgIpc) is 2.83. The Kier molecular flexibility index (Phi) is 5.07. The Hall–Kier alpha value is -2.11. The number of carbonyl (C=O) groups excluding carboxylic acids is 1. The van der Waals surface area contributed by atoms with Crippen molar-refractivity contribution >= 4 is 11.9 Å². The molecule has 6 heteroatoms. The maximum Gasteiger partial charge on any atom is 0.326 e. The number of hydrogen-bond acceptors (Lipinski definition) is 3. The van der Waals surface area contributed by atoms with E-state index in [0.29, 0.717) is 12.8 Å². The number of carboxylic acids is 1. The SMILES string of the molecule is C=CCCC(NC(=O)c1cc(C(C)(C)C)[nH]n1)C(=O)O. The van der Waals surface area contributed by atoms with E-state index < -0.39 is 17.9 Å². The molecule has 20 heavy (non-hydrogen) atoms. The molecule has 0 saturated heterocycles. The van der Waals surface area contributed by atoms with E-state index in [9.17, 15) is 9.59 Å². The van der Waals surface area contributed by atoms with Crippen LogP contribution in [0.3, 0.4) is 0 Å². The number of allylic oxidation sites excluding steroid dienone is 1. The molecule has 0 aliphatic rings. The van der Waals surface area contributed by atoms with Crippen LogP contribution >= 0.6 is 0 Å². The predicted octanol–water partition coefficient (Wildman–Crippen LogP) is 1.86. The lowest BCUT2D eigenvalue weighted by molar-refractivity contribution is -0.139. The summed E-state index contributed by atoms with van der Waals surface area (Å²) in [5, 5.41) is 18.2. The second-order valence-corrected chi connectivity index (χ2v) is 5.65. The second-order valence-electron chi connectivity index (χ2n) is 5.65. The summed E-state index contributed by atoms with van der Waals surface area (Å²) in [6.07, 6.45) is 2.44. The fraction of sp³-hybridized carbons (Fsp3) is 0.500. The standard InChI is InChI=1S/C14H21N3O3/c1-5-6-7-9(13(19)20)15-12(18)10-8-11(17-16-10)14(2,3)4/h5,8-9H,1,6-7H2,2-4H3,(H,15,18)(H,16,17)(H,19,20). The number of nitrogens with one attached hydrogen (secondary N) is 2. The average molecular weight is 279 g/mol. The van der Waals surface area contributed by atoms with Gasteiger partial charge in [0.15, 0.2) is 0 Å². The van der Waals surface area contributed by atoms with Crippen LogP contribution in [0, 0.1) is 0 Å². The van der Waals surface area contributed by atoms with E-state index in [4.69, 9.17) is 5.11 Å². The molecular weight excluding hydrogens is 258 g/mol. The van der Waals surface area contributed by atoms with Crippen molar-refractivity contribution in [2.24, 2.45) is 0 Å². The molecule has 0 aliphatic carbocycles. The first-order valence-corrected chi connectivity index (χ1v) is 6.46. The number of rotatable bonds is 6. The molecule has 6 nitrogen and oxygen atoms in total. The molecule has 0 aromatic carbocycles. The van der Waals surface area contributed by atoms with E-state index in [0.717, 1.165) is 5.69 Å². The number of hydrogen-bond donors (Lipinski definition) is 3.